The molecule has 5 heteroatoms. The molecular weight excluding hydrogens is 254 g/mol. The summed E-state index contributed by atoms with van der Waals surface area (Å²) in [6.45, 7) is 7.14. The van der Waals surface area contributed by atoms with E-state index in [0.29, 0.717) is 0 Å². The van der Waals surface area contributed by atoms with E-state index in [-0.39, 0.29) is 6.04 Å². The topological polar surface area (TPSA) is 74.1 Å². The van der Waals surface area contributed by atoms with E-state index in [9.17, 15) is 10.1 Å². The lowest BCUT2D eigenvalue weighted by Crippen LogP contribution is -2.46. The zero-order valence-corrected chi connectivity index (χ0v) is 12.3. The largest absolute Gasteiger partial charge is 0.444 e. The molecule has 108 valence electrons. The van der Waals surface area contributed by atoms with Crippen molar-refractivity contribution < 1.29 is 9.53 Å². The van der Waals surface area contributed by atoms with Gasteiger partial charge in [-0.3, -0.25) is 0 Å². The normalized spacial score (nSPS) is 13.8. The highest BCUT2D eigenvalue weighted by atomic mass is 16.6. The summed E-state index contributed by atoms with van der Waals surface area (Å²) in [5, 5.41) is 14.9. The maximum atomic E-state index is 11.7. The molecule has 0 aliphatic carbocycles. The number of hydrogen-bond acceptors (Lipinski definition) is 4. The molecule has 0 aliphatic heterocycles. The van der Waals surface area contributed by atoms with Crippen LogP contribution in [-0.4, -0.2) is 23.8 Å². The average Bonchev–Trinajstić information content (AvgIpc) is 2.34. The number of nitriles is 1. The Morgan fingerprint density at radius 2 is 1.90 bits per heavy atom. The van der Waals surface area contributed by atoms with Crippen molar-refractivity contribution in [3.05, 3.63) is 30.3 Å². The second-order valence-corrected chi connectivity index (χ2v) is 5.55. The van der Waals surface area contributed by atoms with Crippen molar-refractivity contribution in [3.63, 3.8) is 0 Å². The summed E-state index contributed by atoms with van der Waals surface area (Å²) in [6.07, 6.45) is -0.528. The van der Waals surface area contributed by atoms with E-state index in [1.807, 2.05) is 30.3 Å². The molecular formula is C15H21N3O2. The Hall–Kier alpha value is -2.22. The molecule has 0 saturated heterocycles. The quantitative estimate of drug-likeness (QED) is 0.886. The fourth-order valence-corrected chi connectivity index (χ4v) is 1.56. The van der Waals surface area contributed by atoms with E-state index in [0.717, 1.165) is 5.69 Å². The molecule has 2 atom stereocenters. The van der Waals surface area contributed by atoms with Crippen molar-refractivity contribution in [2.45, 2.75) is 45.4 Å². The first kappa shape index (κ1) is 15.8. The van der Waals surface area contributed by atoms with Gasteiger partial charge in [-0.25, -0.2) is 4.79 Å². The van der Waals surface area contributed by atoms with E-state index in [4.69, 9.17) is 4.74 Å². The summed E-state index contributed by atoms with van der Waals surface area (Å²) < 4.78 is 5.17. The Morgan fingerprint density at radius 3 is 2.40 bits per heavy atom. The highest BCUT2D eigenvalue weighted by Crippen LogP contribution is 2.10. The molecule has 1 aromatic rings. The number of hydrogen-bond donors (Lipinski definition) is 2. The lowest BCUT2D eigenvalue weighted by Gasteiger charge is -2.24. The number of rotatable bonds is 4. The van der Waals surface area contributed by atoms with E-state index >= 15 is 0 Å². The predicted octanol–water partition coefficient (Wildman–Crippen LogP) is 2.90. The first-order valence-electron chi connectivity index (χ1n) is 6.52. The number of amides is 1. The van der Waals surface area contributed by atoms with Crippen molar-refractivity contribution in [2.75, 3.05) is 5.32 Å². The van der Waals surface area contributed by atoms with Gasteiger partial charge in [0.2, 0.25) is 0 Å². The van der Waals surface area contributed by atoms with Crippen LogP contribution in [0.2, 0.25) is 0 Å². The molecule has 0 radical (unpaired) electrons. The molecule has 1 rings (SSSR count). The highest BCUT2D eigenvalue weighted by Gasteiger charge is 2.22. The molecule has 1 amide bonds. The predicted molar refractivity (Wildman–Crippen MR) is 78.3 cm³/mol. The number of alkyl carbamates (subject to hydrolysis) is 1. The van der Waals surface area contributed by atoms with Crippen LogP contribution in [0.5, 0.6) is 0 Å². The summed E-state index contributed by atoms with van der Waals surface area (Å²) in [7, 11) is 0. The van der Waals surface area contributed by atoms with Crippen molar-refractivity contribution in [2.24, 2.45) is 0 Å². The second kappa shape index (κ2) is 6.80. The van der Waals surface area contributed by atoms with Crippen LogP contribution in [0, 0.1) is 11.3 Å². The number of ether oxygens (including phenoxy) is 1. The number of anilines is 1. The minimum absolute atomic E-state index is 0.380. The van der Waals surface area contributed by atoms with Gasteiger partial charge in [0.1, 0.15) is 11.6 Å². The van der Waals surface area contributed by atoms with Crippen LogP contribution in [0.15, 0.2) is 30.3 Å². The van der Waals surface area contributed by atoms with Crippen LogP contribution in [0.3, 0.4) is 0 Å². The Balaban J connectivity index is 2.58. The first-order valence-corrected chi connectivity index (χ1v) is 6.52. The number of benzene rings is 1. The van der Waals surface area contributed by atoms with Crippen molar-refractivity contribution in [3.8, 4) is 6.07 Å². The van der Waals surface area contributed by atoms with Gasteiger partial charge in [-0.05, 0) is 39.8 Å². The standard InChI is InChI=1S/C15H21N3O2/c1-11(17-14(19)20-15(2,3)4)13(10-16)18-12-8-6-5-7-9-12/h5-9,11,13,18H,1-4H3,(H,17,19). The monoisotopic (exact) mass is 275 g/mol. The molecule has 2 unspecified atom stereocenters. The Labute approximate surface area is 119 Å². The lowest BCUT2D eigenvalue weighted by molar-refractivity contribution is 0.0507. The number of carbonyl (C=O) groups is 1. The minimum Gasteiger partial charge on any atom is -0.444 e. The second-order valence-electron chi connectivity index (χ2n) is 5.55. The summed E-state index contributed by atoms with van der Waals surface area (Å²) >= 11 is 0. The third-order valence-corrected chi connectivity index (χ3v) is 2.48. The smallest absolute Gasteiger partial charge is 0.407 e. The van der Waals surface area contributed by atoms with Gasteiger partial charge < -0.3 is 15.4 Å². The molecule has 20 heavy (non-hydrogen) atoms. The Morgan fingerprint density at radius 1 is 1.30 bits per heavy atom. The molecule has 0 heterocycles. The number of carbonyl (C=O) groups excluding carboxylic acids is 1. The van der Waals surface area contributed by atoms with Gasteiger partial charge in [0.15, 0.2) is 0 Å². The van der Waals surface area contributed by atoms with Crippen LogP contribution in [0.4, 0.5) is 10.5 Å². The maximum Gasteiger partial charge on any atom is 0.407 e. The fraction of sp³-hybridized carbons (Fsp3) is 0.467. The molecule has 0 aromatic heterocycles. The van der Waals surface area contributed by atoms with E-state index in [2.05, 4.69) is 16.7 Å². The van der Waals surface area contributed by atoms with Gasteiger partial charge in [-0.2, -0.15) is 5.26 Å². The zero-order chi connectivity index (χ0) is 15.2. The van der Waals surface area contributed by atoms with Crippen molar-refractivity contribution in [1.82, 2.24) is 5.32 Å². The van der Waals surface area contributed by atoms with Gasteiger partial charge in [0, 0.05) is 5.69 Å². The fourth-order valence-electron chi connectivity index (χ4n) is 1.56. The van der Waals surface area contributed by atoms with Crippen LogP contribution >= 0.6 is 0 Å². The van der Waals surface area contributed by atoms with E-state index in [1.54, 1.807) is 27.7 Å². The molecule has 0 fully saturated rings. The molecule has 0 aliphatic rings. The van der Waals surface area contributed by atoms with E-state index < -0.39 is 17.7 Å². The van der Waals surface area contributed by atoms with Crippen LogP contribution in [-0.2, 0) is 4.74 Å². The third-order valence-electron chi connectivity index (χ3n) is 2.48. The minimum atomic E-state index is -0.557. The van der Waals surface area contributed by atoms with Gasteiger partial charge in [0.05, 0.1) is 12.1 Å². The summed E-state index contributed by atoms with van der Waals surface area (Å²) in [5.41, 5.74) is 0.274. The van der Waals surface area contributed by atoms with Crippen molar-refractivity contribution >= 4 is 11.8 Å². The molecule has 0 bridgehead atoms. The Kier molecular flexibility index (Phi) is 5.39. The third kappa shape index (κ3) is 5.61. The van der Waals surface area contributed by atoms with Gasteiger partial charge >= 0.3 is 6.09 Å². The molecule has 1 aromatic carbocycles. The molecule has 2 N–H and O–H groups in total. The maximum absolute atomic E-state index is 11.7. The zero-order valence-electron chi connectivity index (χ0n) is 12.3. The number of para-hydroxylation sites is 1. The van der Waals surface area contributed by atoms with Crippen LogP contribution in [0.25, 0.3) is 0 Å². The van der Waals surface area contributed by atoms with Gasteiger partial charge in [-0.1, -0.05) is 18.2 Å². The van der Waals surface area contributed by atoms with Gasteiger partial charge in [0.25, 0.3) is 0 Å². The molecule has 5 nitrogen and oxygen atoms in total. The van der Waals surface area contributed by atoms with Crippen LogP contribution in [0.1, 0.15) is 27.7 Å². The first-order chi connectivity index (χ1) is 9.31. The van der Waals surface area contributed by atoms with Crippen LogP contribution < -0.4 is 10.6 Å². The summed E-state index contributed by atoms with van der Waals surface area (Å²) in [5.74, 6) is 0. The Bertz CT molecular complexity index is 474. The average molecular weight is 275 g/mol. The number of nitrogens with one attached hydrogen (secondary N) is 2. The summed E-state index contributed by atoms with van der Waals surface area (Å²) in [6, 6.07) is 10.6. The SMILES string of the molecule is CC(NC(=O)OC(C)(C)C)C(C#N)Nc1ccccc1. The van der Waals surface area contributed by atoms with Gasteiger partial charge in [-0.15, -0.1) is 0 Å². The highest BCUT2D eigenvalue weighted by molar-refractivity contribution is 5.68. The molecule has 0 spiro atoms. The molecule has 0 saturated carbocycles. The number of nitrogens with zero attached hydrogens (tertiary/aromatic N) is 1. The summed E-state index contributed by atoms with van der Waals surface area (Å²) in [4.78, 5) is 11.7. The lowest BCUT2D eigenvalue weighted by atomic mass is 10.1. The van der Waals surface area contributed by atoms with E-state index in [1.165, 1.54) is 0 Å². The van der Waals surface area contributed by atoms with Crippen molar-refractivity contribution in [1.29, 1.82) is 5.26 Å².